The summed E-state index contributed by atoms with van der Waals surface area (Å²) in [5, 5.41) is 0. The molecule has 2 aromatic carbocycles. The number of aromatic nitrogens is 2. The van der Waals surface area contributed by atoms with Crippen LogP contribution in [0.1, 0.15) is 25.0 Å². The first-order valence-corrected chi connectivity index (χ1v) is 10.2. The van der Waals surface area contributed by atoms with Crippen LogP contribution in [0.5, 0.6) is 17.4 Å². The lowest BCUT2D eigenvalue weighted by molar-refractivity contribution is 0.122. The van der Waals surface area contributed by atoms with E-state index in [-0.39, 0.29) is 17.1 Å². The van der Waals surface area contributed by atoms with Crippen molar-refractivity contribution in [2.24, 2.45) is 0 Å². The van der Waals surface area contributed by atoms with Crippen LogP contribution in [0.15, 0.2) is 54.9 Å². The third-order valence-electron chi connectivity index (χ3n) is 5.65. The summed E-state index contributed by atoms with van der Waals surface area (Å²) in [7, 11) is 1.66. The summed E-state index contributed by atoms with van der Waals surface area (Å²) in [5.74, 6) is 0.933. The molecule has 2 heterocycles. The highest BCUT2D eigenvalue weighted by molar-refractivity contribution is 5.46. The molecular weight excluding hydrogens is 397 g/mol. The van der Waals surface area contributed by atoms with E-state index in [0.29, 0.717) is 32.1 Å². The maximum Gasteiger partial charge on any atom is 0.261 e. The topological polar surface area (TPSA) is 56.7 Å². The summed E-state index contributed by atoms with van der Waals surface area (Å²) in [6.45, 7) is 6.58. The first-order valence-electron chi connectivity index (χ1n) is 10.2. The van der Waals surface area contributed by atoms with Crippen molar-refractivity contribution in [1.82, 2.24) is 9.97 Å². The molecule has 1 aliphatic heterocycles. The van der Waals surface area contributed by atoms with Crippen molar-refractivity contribution in [1.29, 1.82) is 0 Å². The third-order valence-corrected chi connectivity index (χ3v) is 5.65. The summed E-state index contributed by atoms with van der Waals surface area (Å²) in [6, 6.07) is 15.7. The molecule has 6 nitrogen and oxygen atoms in total. The van der Waals surface area contributed by atoms with E-state index in [1.807, 2.05) is 41.3 Å². The fraction of sp³-hybridized carbons (Fsp3) is 0.333. The van der Waals surface area contributed by atoms with Crippen LogP contribution in [0.2, 0.25) is 0 Å². The Hall–Kier alpha value is -3.19. The lowest BCUT2D eigenvalue weighted by atomic mass is 9.78. The summed E-state index contributed by atoms with van der Waals surface area (Å²) in [4.78, 5) is 9.92. The number of morpholine rings is 1. The van der Waals surface area contributed by atoms with Crippen LogP contribution >= 0.6 is 0 Å². The zero-order valence-corrected chi connectivity index (χ0v) is 18.0. The monoisotopic (exact) mass is 423 g/mol. The predicted octanol–water partition coefficient (Wildman–Crippen LogP) is 4.58. The number of benzene rings is 2. The van der Waals surface area contributed by atoms with Crippen LogP contribution in [0, 0.1) is 5.82 Å². The second-order valence-electron chi connectivity index (χ2n) is 7.90. The Kier molecular flexibility index (Phi) is 6.04. The minimum absolute atomic E-state index is 0.0846. The number of nitrogens with zero attached hydrogens (tertiary/aromatic N) is 3. The molecular formula is C24H26FN3O3. The zero-order valence-electron chi connectivity index (χ0n) is 18.0. The van der Waals surface area contributed by atoms with Crippen molar-refractivity contribution in [2.45, 2.75) is 19.3 Å². The van der Waals surface area contributed by atoms with Gasteiger partial charge in [-0.3, -0.25) is 0 Å². The fourth-order valence-electron chi connectivity index (χ4n) is 3.64. The Morgan fingerprint density at radius 2 is 1.48 bits per heavy atom. The van der Waals surface area contributed by atoms with Gasteiger partial charge in [-0.2, -0.15) is 9.37 Å². The van der Waals surface area contributed by atoms with E-state index in [9.17, 15) is 4.39 Å². The number of hydrogen-bond donors (Lipinski definition) is 0. The average Bonchev–Trinajstić information content (AvgIpc) is 2.81. The minimum atomic E-state index is -0.563. The third kappa shape index (κ3) is 4.46. The molecule has 162 valence electrons. The van der Waals surface area contributed by atoms with Crippen LogP contribution in [0.3, 0.4) is 0 Å². The molecule has 7 heteroatoms. The number of hydrogen-bond acceptors (Lipinski definition) is 6. The van der Waals surface area contributed by atoms with Crippen molar-refractivity contribution >= 4 is 5.82 Å². The average molecular weight is 423 g/mol. The van der Waals surface area contributed by atoms with Gasteiger partial charge in [0.1, 0.15) is 17.8 Å². The summed E-state index contributed by atoms with van der Waals surface area (Å²) < 4.78 is 31.3. The van der Waals surface area contributed by atoms with Crippen molar-refractivity contribution in [3.05, 3.63) is 71.8 Å². The highest BCUT2D eigenvalue weighted by atomic mass is 19.1. The summed E-state index contributed by atoms with van der Waals surface area (Å²) in [5.41, 5.74) is 2.07. The number of rotatable bonds is 6. The minimum Gasteiger partial charge on any atom is -0.497 e. The van der Waals surface area contributed by atoms with Crippen molar-refractivity contribution < 1.29 is 18.6 Å². The highest BCUT2D eigenvalue weighted by Gasteiger charge is 2.24. The molecule has 31 heavy (non-hydrogen) atoms. The molecule has 1 aromatic heterocycles. The molecule has 0 unspecified atom stereocenters. The molecule has 0 bridgehead atoms. The fourth-order valence-corrected chi connectivity index (χ4v) is 3.64. The molecule has 0 aliphatic carbocycles. The van der Waals surface area contributed by atoms with E-state index in [1.54, 1.807) is 7.11 Å². The Bertz CT molecular complexity index is 1020. The SMILES string of the molecule is COc1ccc(C(C)(C)c2ccc(Oc3ncnc(N4CCOCC4)c3F)cc2)cc1. The smallest absolute Gasteiger partial charge is 0.261 e. The number of halogens is 1. The van der Waals surface area contributed by atoms with Gasteiger partial charge in [0.25, 0.3) is 5.88 Å². The van der Waals surface area contributed by atoms with Gasteiger partial charge in [-0.1, -0.05) is 38.1 Å². The molecule has 3 aromatic rings. The van der Waals surface area contributed by atoms with E-state index in [1.165, 1.54) is 11.9 Å². The van der Waals surface area contributed by atoms with E-state index < -0.39 is 5.82 Å². The van der Waals surface area contributed by atoms with Crippen molar-refractivity contribution in [3.63, 3.8) is 0 Å². The lowest BCUT2D eigenvalue weighted by Crippen LogP contribution is -2.37. The van der Waals surface area contributed by atoms with E-state index >= 15 is 0 Å². The molecule has 1 saturated heterocycles. The molecule has 1 fully saturated rings. The van der Waals surface area contributed by atoms with Crippen LogP contribution in [-0.2, 0) is 10.2 Å². The summed E-state index contributed by atoms with van der Waals surface area (Å²) in [6.07, 6.45) is 1.32. The lowest BCUT2D eigenvalue weighted by Gasteiger charge is -2.28. The predicted molar refractivity (Wildman–Crippen MR) is 117 cm³/mol. The van der Waals surface area contributed by atoms with Gasteiger partial charge in [-0.05, 0) is 35.4 Å². The van der Waals surface area contributed by atoms with Gasteiger partial charge in [-0.15, -0.1) is 0 Å². The van der Waals surface area contributed by atoms with Gasteiger partial charge in [0.15, 0.2) is 5.82 Å². The quantitative estimate of drug-likeness (QED) is 0.579. The first kappa shape index (κ1) is 21.1. The highest BCUT2D eigenvalue weighted by Crippen LogP contribution is 2.34. The molecule has 0 saturated carbocycles. The second kappa shape index (κ2) is 8.89. The Morgan fingerprint density at radius 3 is 2.06 bits per heavy atom. The van der Waals surface area contributed by atoms with Crippen LogP contribution in [-0.4, -0.2) is 43.4 Å². The maximum absolute atomic E-state index is 15.0. The van der Waals surface area contributed by atoms with Crippen molar-refractivity contribution in [2.75, 3.05) is 38.3 Å². The maximum atomic E-state index is 15.0. The largest absolute Gasteiger partial charge is 0.497 e. The number of ether oxygens (including phenoxy) is 3. The molecule has 0 N–H and O–H groups in total. The summed E-state index contributed by atoms with van der Waals surface area (Å²) >= 11 is 0. The Balaban J connectivity index is 1.52. The normalized spacial score (nSPS) is 14.4. The molecule has 0 spiro atoms. The van der Waals surface area contributed by atoms with E-state index in [2.05, 4.69) is 35.9 Å². The molecule has 0 amide bonds. The molecule has 0 radical (unpaired) electrons. The van der Waals surface area contributed by atoms with Gasteiger partial charge in [0.05, 0.1) is 20.3 Å². The van der Waals surface area contributed by atoms with Crippen LogP contribution in [0.4, 0.5) is 10.2 Å². The second-order valence-corrected chi connectivity index (χ2v) is 7.90. The van der Waals surface area contributed by atoms with E-state index in [4.69, 9.17) is 14.2 Å². The standard InChI is InChI=1S/C24H26FN3O3/c1-24(2,17-4-8-19(29-3)9-5-17)18-6-10-20(11-7-18)31-23-21(25)22(26-16-27-23)28-12-14-30-15-13-28/h4-11,16H,12-15H2,1-3H3. The Morgan fingerprint density at radius 1 is 0.903 bits per heavy atom. The zero-order chi connectivity index (χ0) is 21.8. The van der Waals surface area contributed by atoms with Crippen LogP contribution < -0.4 is 14.4 Å². The van der Waals surface area contributed by atoms with Gasteiger partial charge in [0.2, 0.25) is 5.82 Å². The van der Waals surface area contributed by atoms with Crippen molar-refractivity contribution in [3.8, 4) is 17.4 Å². The first-order chi connectivity index (χ1) is 15.0. The molecule has 0 atom stereocenters. The Labute approximate surface area is 181 Å². The molecule has 1 aliphatic rings. The van der Waals surface area contributed by atoms with Gasteiger partial charge in [0, 0.05) is 18.5 Å². The van der Waals surface area contributed by atoms with E-state index in [0.717, 1.165) is 11.3 Å². The number of methoxy groups -OCH3 is 1. The number of anilines is 1. The molecule has 4 rings (SSSR count). The van der Waals surface area contributed by atoms with Gasteiger partial charge < -0.3 is 19.1 Å². The van der Waals surface area contributed by atoms with Crippen LogP contribution in [0.25, 0.3) is 0 Å². The van der Waals surface area contributed by atoms with Gasteiger partial charge in [-0.25, -0.2) is 4.98 Å². The van der Waals surface area contributed by atoms with Gasteiger partial charge >= 0.3 is 0 Å².